The third-order valence-corrected chi connectivity index (χ3v) is 23.2. The standard InChI is InChI=1S/C27H18N4.C23H16N4.C22H18N6O.C22H15N5.C21H14N6/c1-3-9-19(10-4-1)17-24-25(23-16-15-20-11-7-8-14-22(20)18-23)29-31-27(24)28-26(30-31)21-12-5-2-6-13-21;1-4-10-17(11-5-1)16-20-21(18-12-6-2-7-13-18)25-27-23(20)24-22(26-27)19-14-8-3-9-15-19;1-14-22(29)28-20(26-25-14)18(13-23)19(15-7-5-4-6-8-15)21(28)24-16-9-11-17(12-10-16)27(2)3;1-3-8-16(9-4-1)14-19-20(17-10-5-2-6-11-17)25-27-22(19)24-21(26-27)18-12-7-13-23-15-18;1-3-7-15(8-4-1)13-17-19(16-9-5-2-6-10-16)25-27-21(17)24-20(26-27)18-14-22-11-12-23-18/h1-18H;1-16H;4-12H,1-3H3;1-15H;1-14H/b24-17-;20-16-;;19-14-;17-13-. The summed E-state index contributed by atoms with van der Waals surface area (Å²) in [5.41, 5.74) is 21.7. The van der Waals surface area contributed by atoms with Gasteiger partial charge in [-0.2, -0.15) is 5.26 Å². The van der Waals surface area contributed by atoms with Crippen LogP contribution in [0.3, 0.4) is 0 Å². The number of pyridine rings is 1. The van der Waals surface area contributed by atoms with Crippen LogP contribution in [0.15, 0.2) is 423 Å². The quantitative estimate of drug-likeness (QED) is 0.0921. The van der Waals surface area contributed by atoms with Crippen molar-refractivity contribution in [3.05, 3.63) is 484 Å². The van der Waals surface area contributed by atoms with Crippen LogP contribution >= 0.6 is 0 Å². The SMILES string of the molecule is C(/c1ccccc1)=c1\c(-c2ccc3ccccc3c2)nn2nc(-c3ccccc3)nc12.C(/c1ccccc1)=c1\c(-c2ccccc2)nn2nc(-c3ccccc3)nc12.C(/c1ccccc1)=c1\c(-c2ccccc2)nn2nc(-c3cccnc3)nc12.C(/c1ccccc1)=c1\c(-c2ccccc2)nn2nc(-c3cnccn3)nc12.Cc1nnc2n(c1=O)C(=Nc1ccc(N(C)C)cc1)C(c1ccccc1)=C2C#N. The molecule has 0 aliphatic carbocycles. The lowest BCUT2D eigenvalue weighted by molar-refractivity contribution is 0.826. The molecule has 25 rings (SSSR count). The number of benzene rings is 13. The number of aromatic nitrogens is 22. The molecule has 13 aromatic carbocycles. The zero-order chi connectivity index (χ0) is 95.3. The van der Waals surface area contributed by atoms with Crippen LogP contribution in [-0.2, 0) is 0 Å². The Kier molecular flexibility index (Phi) is 24.9. The van der Waals surface area contributed by atoms with E-state index >= 15 is 0 Å². The number of fused-ring (bicyclic) bond motifs is 6. The second-order valence-electron chi connectivity index (χ2n) is 32.8. The number of aryl methyl sites for hydroxylation is 1. The fourth-order valence-electron chi connectivity index (χ4n) is 16.3. The van der Waals surface area contributed by atoms with Crippen LogP contribution in [0, 0.1) is 18.3 Å². The minimum absolute atomic E-state index is 0.214. The van der Waals surface area contributed by atoms with Gasteiger partial charge in [0, 0.05) is 110 Å². The minimum Gasteiger partial charge on any atom is -0.378 e. The zero-order valence-corrected chi connectivity index (χ0v) is 76.2. The summed E-state index contributed by atoms with van der Waals surface area (Å²) in [5.74, 6) is 3.08. The van der Waals surface area contributed by atoms with Crippen molar-refractivity contribution in [2.45, 2.75) is 6.92 Å². The molecule has 26 heteroatoms. The van der Waals surface area contributed by atoms with E-state index in [9.17, 15) is 10.1 Å². The lowest BCUT2D eigenvalue weighted by Crippen LogP contribution is -2.30. The molecule has 0 saturated heterocycles. The van der Waals surface area contributed by atoms with Crippen LogP contribution in [0.5, 0.6) is 0 Å². The summed E-state index contributed by atoms with van der Waals surface area (Å²) in [6.07, 6.45) is 16.8. The Morgan fingerprint density at radius 1 is 0.333 bits per heavy atom. The predicted octanol–water partition coefficient (Wildman–Crippen LogP) is 18.4. The first-order valence-corrected chi connectivity index (χ1v) is 45.3. The van der Waals surface area contributed by atoms with Gasteiger partial charge in [-0.25, -0.2) is 34.5 Å². The van der Waals surface area contributed by atoms with Crippen molar-refractivity contribution in [1.82, 2.24) is 109 Å². The normalized spacial score (nSPS) is 12.4. The van der Waals surface area contributed by atoms with Gasteiger partial charge in [0.2, 0.25) is 5.82 Å². The van der Waals surface area contributed by atoms with Crippen LogP contribution in [0.1, 0.15) is 39.3 Å². The molecule has 672 valence electrons. The lowest BCUT2D eigenvalue weighted by Gasteiger charge is -2.12. The first-order valence-electron chi connectivity index (χ1n) is 45.3. The zero-order valence-electron chi connectivity index (χ0n) is 76.2. The molecule has 0 amide bonds. The third-order valence-electron chi connectivity index (χ3n) is 23.2. The molecule has 141 heavy (non-hydrogen) atoms. The summed E-state index contributed by atoms with van der Waals surface area (Å²) >= 11 is 0. The van der Waals surface area contributed by atoms with Gasteiger partial charge in [-0.1, -0.05) is 340 Å². The first-order chi connectivity index (χ1) is 69.5. The third kappa shape index (κ3) is 19.0. The number of aliphatic imine (C=N–C) groups is 1. The van der Waals surface area contributed by atoms with E-state index in [-0.39, 0.29) is 22.7 Å². The molecule has 0 unspecified atom stereocenters. The Balaban J connectivity index is 0.000000105. The van der Waals surface area contributed by atoms with Crippen molar-refractivity contribution < 1.29 is 0 Å². The van der Waals surface area contributed by atoms with Gasteiger partial charge in [-0.15, -0.1) is 69.5 Å². The maximum absolute atomic E-state index is 12.9. The topological polar surface area (TPSA) is 298 Å². The van der Waals surface area contributed by atoms with Gasteiger partial charge in [0.25, 0.3) is 5.56 Å². The van der Waals surface area contributed by atoms with Gasteiger partial charge in [0.1, 0.15) is 45.8 Å². The minimum atomic E-state index is -0.336. The average Bonchev–Trinajstić information content (AvgIpc) is 1.53. The number of nitriles is 1. The second kappa shape index (κ2) is 40.1. The Morgan fingerprint density at radius 3 is 1.09 bits per heavy atom. The van der Waals surface area contributed by atoms with E-state index in [1.807, 2.05) is 298 Å². The highest BCUT2D eigenvalue weighted by Crippen LogP contribution is 2.35. The highest BCUT2D eigenvalue weighted by molar-refractivity contribution is 6.35. The number of anilines is 1. The van der Waals surface area contributed by atoms with E-state index in [0.29, 0.717) is 51.7 Å². The molecule has 0 bridgehead atoms. The maximum Gasteiger partial charge on any atom is 0.281 e. The fraction of sp³-hybridized carbons (Fsp3) is 0.0261. The number of nitrogens with zero attached hydrogens (tertiary/aromatic N) is 25. The highest BCUT2D eigenvalue weighted by atomic mass is 16.1. The molecule has 24 aromatic rings. The molecule has 11 aromatic heterocycles. The second-order valence-corrected chi connectivity index (χ2v) is 32.8. The summed E-state index contributed by atoms with van der Waals surface area (Å²) in [4.78, 5) is 51.2. The first kappa shape index (κ1) is 87.7. The van der Waals surface area contributed by atoms with Crippen molar-refractivity contribution in [3.63, 3.8) is 0 Å². The fourth-order valence-corrected chi connectivity index (χ4v) is 16.3. The number of rotatable bonds is 15. The van der Waals surface area contributed by atoms with E-state index in [2.05, 4.69) is 189 Å². The van der Waals surface area contributed by atoms with Crippen LogP contribution in [0.4, 0.5) is 11.4 Å². The summed E-state index contributed by atoms with van der Waals surface area (Å²) in [5, 5.41) is 61.4. The van der Waals surface area contributed by atoms with E-state index < -0.39 is 0 Å². The Bertz CT molecular complexity index is 8510. The van der Waals surface area contributed by atoms with Crippen LogP contribution in [0.2, 0.25) is 0 Å². The molecule has 0 radical (unpaired) electrons. The molecule has 0 atom stereocenters. The van der Waals surface area contributed by atoms with Crippen molar-refractivity contribution in [2.75, 3.05) is 19.0 Å². The lowest BCUT2D eigenvalue weighted by atomic mass is 10.0. The van der Waals surface area contributed by atoms with Crippen molar-refractivity contribution in [2.24, 2.45) is 4.99 Å². The number of allylic oxidation sites excluding steroid dienone is 2. The van der Waals surface area contributed by atoms with E-state index in [1.165, 1.54) is 15.3 Å². The predicted molar refractivity (Wildman–Crippen MR) is 552 cm³/mol. The smallest absolute Gasteiger partial charge is 0.281 e. The van der Waals surface area contributed by atoms with Gasteiger partial charge >= 0.3 is 0 Å². The summed E-state index contributed by atoms with van der Waals surface area (Å²) < 4.78 is 7.85. The van der Waals surface area contributed by atoms with E-state index in [0.717, 1.165) is 133 Å². The van der Waals surface area contributed by atoms with E-state index in [1.54, 1.807) is 56.4 Å². The van der Waals surface area contributed by atoms with Crippen molar-refractivity contribution in [1.29, 1.82) is 5.26 Å². The average molecular weight is 1830 g/mol. The van der Waals surface area contributed by atoms with E-state index in [4.69, 9.17) is 35.2 Å². The monoisotopic (exact) mass is 1830 g/mol. The molecular weight excluding hydrogens is 1750 g/mol. The molecule has 0 N–H and O–H groups in total. The molecule has 0 saturated carbocycles. The van der Waals surface area contributed by atoms with Gasteiger partial charge in [0.15, 0.2) is 51.7 Å². The maximum atomic E-state index is 12.9. The summed E-state index contributed by atoms with van der Waals surface area (Å²) in [6.45, 7) is 1.60. The molecular formula is C115H81N25O. The molecule has 26 nitrogen and oxygen atoms in total. The molecule has 1 aliphatic rings. The van der Waals surface area contributed by atoms with Gasteiger partial charge in [-0.05, 0) is 112 Å². The van der Waals surface area contributed by atoms with Crippen LogP contribution < -0.4 is 31.3 Å². The highest BCUT2D eigenvalue weighted by Gasteiger charge is 2.33. The molecule has 12 heterocycles. The largest absolute Gasteiger partial charge is 0.378 e. The number of hydrogen-bond donors (Lipinski definition) is 0. The molecule has 0 spiro atoms. The van der Waals surface area contributed by atoms with Gasteiger partial charge in [-0.3, -0.25) is 14.8 Å². The Morgan fingerprint density at radius 2 is 0.695 bits per heavy atom. The summed E-state index contributed by atoms with van der Waals surface area (Å²) in [6, 6.07) is 129. The van der Waals surface area contributed by atoms with Crippen LogP contribution in [0.25, 0.3) is 160 Å². The molecule has 1 aliphatic heterocycles. The Hall–Kier alpha value is -19.9. The van der Waals surface area contributed by atoms with Gasteiger partial charge in [0.05, 0.1) is 11.9 Å². The van der Waals surface area contributed by atoms with Gasteiger partial charge < -0.3 is 4.90 Å². The summed E-state index contributed by atoms with van der Waals surface area (Å²) in [7, 11) is 3.93. The van der Waals surface area contributed by atoms with Crippen LogP contribution in [-0.4, -0.2) is 129 Å². The molecule has 0 fully saturated rings. The van der Waals surface area contributed by atoms with Crippen molar-refractivity contribution in [3.8, 4) is 96.8 Å². The Labute approximate surface area is 806 Å². The van der Waals surface area contributed by atoms with Crippen molar-refractivity contribution >= 4 is 86.0 Å². The number of hydrogen-bond acceptors (Lipinski definition) is 21.